The number of ketones is 1. The van der Waals surface area contributed by atoms with Gasteiger partial charge in [0.2, 0.25) is 0 Å². The average molecular weight is 337 g/mol. The normalized spacial score (nSPS) is 17.2. The van der Waals surface area contributed by atoms with Gasteiger partial charge >= 0.3 is 0 Å². The Morgan fingerprint density at radius 3 is 2.92 bits per heavy atom. The maximum atomic E-state index is 13.3. The van der Waals surface area contributed by atoms with Crippen LogP contribution in [0.15, 0.2) is 30.6 Å². The summed E-state index contributed by atoms with van der Waals surface area (Å²) in [5.74, 6) is 0.270. The van der Waals surface area contributed by atoms with E-state index in [0.717, 1.165) is 47.1 Å². The predicted molar refractivity (Wildman–Crippen MR) is 96.7 cm³/mol. The van der Waals surface area contributed by atoms with Crippen LogP contribution in [0.1, 0.15) is 33.9 Å². The van der Waals surface area contributed by atoms with Crippen LogP contribution in [0.3, 0.4) is 0 Å². The molecule has 0 spiro atoms. The van der Waals surface area contributed by atoms with Crippen molar-refractivity contribution in [2.24, 2.45) is 13.0 Å². The maximum Gasteiger partial charge on any atom is 0.168 e. The Morgan fingerprint density at radius 2 is 2.12 bits per heavy atom. The second-order valence-corrected chi connectivity index (χ2v) is 6.87. The van der Waals surface area contributed by atoms with Crippen LogP contribution in [-0.2, 0) is 31.4 Å². The fraction of sp³-hybridized carbons (Fsp3) is 0.400. The zero-order valence-electron chi connectivity index (χ0n) is 15.0. The van der Waals surface area contributed by atoms with Crippen LogP contribution in [0.5, 0.6) is 0 Å². The fourth-order valence-corrected chi connectivity index (χ4v) is 4.11. The molecule has 0 amide bonds. The molecule has 5 nitrogen and oxygen atoms in total. The number of hydrogen-bond donors (Lipinski definition) is 0. The minimum absolute atomic E-state index is 0.00399. The molecular weight excluding hydrogens is 314 g/mol. The SMILES string of the molecule is COCn1cnc(C)c1CC1CCc2c(c3ccccc3n2C)C1=O. The molecule has 4 rings (SSSR count). The van der Waals surface area contributed by atoms with Crippen LogP contribution in [0, 0.1) is 12.8 Å². The first-order valence-electron chi connectivity index (χ1n) is 8.71. The van der Waals surface area contributed by atoms with Crippen LogP contribution in [-0.4, -0.2) is 27.0 Å². The number of nitrogens with zero attached hydrogens (tertiary/aromatic N) is 3. The molecule has 2 heterocycles. The summed E-state index contributed by atoms with van der Waals surface area (Å²) in [4.78, 5) is 17.7. The predicted octanol–water partition coefficient (Wildman–Crippen LogP) is 3.27. The lowest BCUT2D eigenvalue weighted by atomic mass is 9.82. The molecule has 1 aromatic carbocycles. The number of Topliss-reactive ketones (excluding diaryl/α,β-unsaturated/α-hetero) is 1. The fourth-order valence-electron chi connectivity index (χ4n) is 4.11. The molecule has 2 aromatic heterocycles. The highest BCUT2D eigenvalue weighted by molar-refractivity contribution is 6.11. The van der Waals surface area contributed by atoms with Gasteiger partial charge in [-0.2, -0.15) is 0 Å². The number of carbonyl (C=O) groups is 1. The number of rotatable bonds is 4. The number of methoxy groups -OCH3 is 1. The van der Waals surface area contributed by atoms with E-state index < -0.39 is 0 Å². The van der Waals surface area contributed by atoms with Gasteiger partial charge in [-0.05, 0) is 32.3 Å². The van der Waals surface area contributed by atoms with Gasteiger partial charge in [0.25, 0.3) is 0 Å². The third kappa shape index (κ3) is 2.50. The molecule has 0 bridgehead atoms. The molecule has 0 radical (unpaired) electrons. The van der Waals surface area contributed by atoms with E-state index in [4.69, 9.17) is 4.74 Å². The minimum atomic E-state index is 0.00399. The zero-order chi connectivity index (χ0) is 17.6. The molecule has 0 saturated carbocycles. The first-order chi connectivity index (χ1) is 12.1. The van der Waals surface area contributed by atoms with Crippen LogP contribution in [0.25, 0.3) is 10.9 Å². The number of imidazole rings is 1. The highest BCUT2D eigenvalue weighted by Gasteiger charge is 2.32. The Hall–Kier alpha value is -2.40. The molecule has 25 heavy (non-hydrogen) atoms. The van der Waals surface area contributed by atoms with Gasteiger partial charge in [0.05, 0.1) is 12.0 Å². The summed E-state index contributed by atoms with van der Waals surface area (Å²) in [7, 11) is 3.74. The molecular formula is C20H23N3O2. The molecule has 130 valence electrons. The van der Waals surface area contributed by atoms with Crippen molar-refractivity contribution < 1.29 is 9.53 Å². The molecule has 0 saturated heterocycles. The molecule has 1 atom stereocenters. The van der Waals surface area contributed by atoms with E-state index in [1.54, 1.807) is 13.4 Å². The molecule has 5 heteroatoms. The van der Waals surface area contributed by atoms with E-state index in [1.807, 2.05) is 23.6 Å². The largest absolute Gasteiger partial charge is 0.364 e. The van der Waals surface area contributed by atoms with Crippen LogP contribution in [0.4, 0.5) is 0 Å². The second-order valence-electron chi connectivity index (χ2n) is 6.87. The van der Waals surface area contributed by atoms with Gasteiger partial charge in [0.15, 0.2) is 5.78 Å². The number of benzene rings is 1. The highest BCUT2D eigenvalue weighted by Crippen LogP contribution is 2.35. The van der Waals surface area contributed by atoms with Crippen molar-refractivity contribution in [1.29, 1.82) is 0 Å². The number of fused-ring (bicyclic) bond motifs is 3. The topological polar surface area (TPSA) is 49.0 Å². The smallest absolute Gasteiger partial charge is 0.168 e. The molecule has 1 aliphatic rings. The second kappa shape index (κ2) is 6.15. The van der Waals surface area contributed by atoms with Crippen molar-refractivity contribution >= 4 is 16.7 Å². The van der Waals surface area contributed by atoms with E-state index >= 15 is 0 Å². The van der Waals surface area contributed by atoms with Crippen molar-refractivity contribution in [2.75, 3.05) is 7.11 Å². The van der Waals surface area contributed by atoms with Crippen molar-refractivity contribution in [3.63, 3.8) is 0 Å². The molecule has 0 fully saturated rings. The van der Waals surface area contributed by atoms with Gasteiger partial charge in [0, 0.05) is 47.9 Å². The van der Waals surface area contributed by atoms with Gasteiger partial charge in [-0.15, -0.1) is 0 Å². The first kappa shape index (κ1) is 16.1. The van der Waals surface area contributed by atoms with Crippen molar-refractivity contribution in [3.05, 3.63) is 53.2 Å². The maximum absolute atomic E-state index is 13.3. The standard InChI is InChI=1S/C20H23N3O2/c1-13-18(23(11-21-13)12-25-3)10-14-8-9-17-19(20(14)24)15-6-4-5-7-16(15)22(17)2/h4-7,11,14H,8-10,12H2,1-3H3. The van der Waals surface area contributed by atoms with E-state index in [0.29, 0.717) is 6.73 Å². The number of hydrogen-bond acceptors (Lipinski definition) is 3. The lowest BCUT2D eigenvalue weighted by Crippen LogP contribution is -2.26. The molecule has 0 N–H and O–H groups in total. The van der Waals surface area contributed by atoms with Gasteiger partial charge < -0.3 is 13.9 Å². The Bertz CT molecular complexity index is 951. The molecule has 1 aliphatic carbocycles. The summed E-state index contributed by atoms with van der Waals surface area (Å²) in [6, 6.07) is 8.20. The number of para-hydroxylation sites is 1. The lowest BCUT2D eigenvalue weighted by molar-refractivity contribution is 0.0895. The first-order valence-corrected chi connectivity index (χ1v) is 8.71. The van der Waals surface area contributed by atoms with Crippen LogP contribution in [0.2, 0.25) is 0 Å². The summed E-state index contributed by atoms with van der Waals surface area (Å²) >= 11 is 0. The average Bonchev–Trinajstić information content (AvgIpc) is 3.10. The van der Waals surface area contributed by atoms with E-state index in [9.17, 15) is 4.79 Å². The summed E-state index contributed by atoms with van der Waals surface area (Å²) in [6.07, 6.45) is 4.34. The summed E-state index contributed by atoms with van der Waals surface area (Å²) in [5, 5.41) is 1.08. The van der Waals surface area contributed by atoms with Crippen LogP contribution >= 0.6 is 0 Å². The number of carbonyl (C=O) groups excluding carboxylic acids is 1. The van der Waals surface area contributed by atoms with E-state index in [-0.39, 0.29) is 11.7 Å². The van der Waals surface area contributed by atoms with Crippen LogP contribution < -0.4 is 0 Å². The minimum Gasteiger partial charge on any atom is -0.364 e. The number of ether oxygens (including phenoxy) is 1. The van der Waals surface area contributed by atoms with E-state index in [2.05, 4.69) is 28.7 Å². The third-order valence-electron chi connectivity index (χ3n) is 5.44. The van der Waals surface area contributed by atoms with Gasteiger partial charge in [-0.3, -0.25) is 4.79 Å². The number of aryl methyl sites for hydroxylation is 2. The van der Waals surface area contributed by atoms with Gasteiger partial charge in [-0.1, -0.05) is 18.2 Å². The Balaban J connectivity index is 1.71. The Morgan fingerprint density at radius 1 is 1.32 bits per heavy atom. The summed E-state index contributed by atoms with van der Waals surface area (Å²) in [6.45, 7) is 2.47. The van der Waals surface area contributed by atoms with Gasteiger partial charge in [0.1, 0.15) is 6.73 Å². The Kier molecular flexibility index (Phi) is 3.96. The molecule has 1 unspecified atom stereocenters. The molecule has 3 aromatic rings. The summed E-state index contributed by atoms with van der Waals surface area (Å²) < 4.78 is 9.43. The third-order valence-corrected chi connectivity index (χ3v) is 5.44. The van der Waals surface area contributed by atoms with Crippen molar-refractivity contribution in [1.82, 2.24) is 14.1 Å². The lowest BCUT2D eigenvalue weighted by Gasteiger charge is -2.23. The van der Waals surface area contributed by atoms with E-state index in [1.165, 1.54) is 5.69 Å². The zero-order valence-corrected chi connectivity index (χ0v) is 15.0. The quantitative estimate of drug-likeness (QED) is 0.734. The Labute approximate surface area is 147 Å². The highest BCUT2D eigenvalue weighted by atomic mass is 16.5. The monoisotopic (exact) mass is 337 g/mol. The summed E-state index contributed by atoms with van der Waals surface area (Å²) in [5.41, 5.74) is 5.31. The van der Waals surface area contributed by atoms with Gasteiger partial charge in [-0.25, -0.2) is 4.98 Å². The van der Waals surface area contributed by atoms with Crippen molar-refractivity contribution in [2.45, 2.75) is 32.9 Å². The molecule has 0 aliphatic heterocycles. The van der Waals surface area contributed by atoms with Crippen molar-refractivity contribution in [3.8, 4) is 0 Å². The number of aromatic nitrogens is 3.